The Kier molecular flexibility index (Phi) is 3.37. The van der Waals surface area contributed by atoms with Gasteiger partial charge in [-0.25, -0.2) is 9.78 Å². The van der Waals surface area contributed by atoms with Crippen LogP contribution in [0.1, 0.15) is 35.5 Å². The van der Waals surface area contributed by atoms with Crippen LogP contribution in [0.4, 0.5) is 0 Å². The molecule has 1 N–H and O–H groups in total. The number of nitrogens with one attached hydrogen (secondary N) is 1. The van der Waals surface area contributed by atoms with Crippen molar-refractivity contribution >= 4 is 27.8 Å². The van der Waals surface area contributed by atoms with Gasteiger partial charge < -0.3 is 9.72 Å². The number of hydrogen-bond acceptors (Lipinski definition) is 3. The Morgan fingerprint density at radius 3 is 2.81 bits per heavy atom. The highest BCUT2D eigenvalue weighted by molar-refractivity contribution is 6.11. The molecule has 0 aliphatic rings. The normalized spacial score (nSPS) is 11.2. The van der Waals surface area contributed by atoms with Crippen molar-refractivity contribution in [2.45, 2.75) is 27.2 Å². The van der Waals surface area contributed by atoms with E-state index in [-0.39, 0.29) is 5.97 Å². The molecule has 0 aliphatic heterocycles. The van der Waals surface area contributed by atoms with Crippen LogP contribution in [0, 0.1) is 6.92 Å². The number of H-pyrrole nitrogens is 1. The van der Waals surface area contributed by atoms with Crippen LogP contribution < -0.4 is 0 Å². The van der Waals surface area contributed by atoms with Crippen LogP contribution in [0.2, 0.25) is 0 Å². The van der Waals surface area contributed by atoms with Crippen molar-refractivity contribution in [3.8, 4) is 0 Å². The number of aromatic amines is 1. The Bertz CT molecular complexity index is 834. The fourth-order valence-corrected chi connectivity index (χ4v) is 2.79. The van der Waals surface area contributed by atoms with E-state index >= 15 is 0 Å². The molecular weight excluding hydrogens is 264 g/mol. The lowest BCUT2D eigenvalue weighted by Gasteiger charge is -2.08. The molecule has 21 heavy (non-hydrogen) atoms. The quantitative estimate of drug-likeness (QED) is 0.744. The minimum Gasteiger partial charge on any atom is -0.461 e. The molecule has 0 saturated carbocycles. The number of nitrogens with zero attached hydrogens (tertiary/aromatic N) is 1. The summed E-state index contributed by atoms with van der Waals surface area (Å²) in [5.41, 5.74) is 4.59. The molecule has 4 nitrogen and oxygen atoms in total. The first kappa shape index (κ1) is 13.6. The first-order valence-electron chi connectivity index (χ1n) is 7.22. The van der Waals surface area contributed by atoms with Gasteiger partial charge in [-0.05, 0) is 38.0 Å². The first-order valence-corrected chi connectivity index (χ1v) is 7.22. The van der Waals surface area contributed by atoms with E-state index < -0.39 is 0 Å². The van der Waals surface area contributed by atoms with E-state index in [4.69, 9.17) is 4.74 Å². The molecular formula is C17H18N2O2. The van der Waals surface area contributed by atoms with Gasteiger partial charge in [0.25, 0.3) is 0 Å². The first-order chi connectivity index (χ1) is 10.2. The molecule has 108 valence electrons. The number of carbonyl (C=O) groups is 1. The summed E-state index contributed by atoms with van der Waals surface area (Å²) in [5, 5.41) is 2.21. The average Bonchev–Trinajstić information content (AvgIpc) is 2.84. The van der Waals surface area contributed by atoms with Crippen LogP contribution in [0.15, 0.2) is 24.4 Å². The molecule has 2 aromatic heterocycles. The lowest BCUT2D eigenvalue weighted by Crippen LogP contribution is -2.10. The number of aromatic nitrogens is 2. The van der Waals surface area contributed by atoms with E-state index in [9.17, 15) is 4.79 Å². The molecule has 4 heteroatoms. The molecule has 0 bridgehead atoms. The molecule has 2 heterocycles. The Balaban J connectivity index is 2.35. The summed E-state index contributed by atoms with van der Waals surface area (Å²) in [7, 11) is 0. The van der Waals surface area contributed by atoms with Gasteiger partial charge in [-0.15, -0.1) is 0 Å². The summed E-state index contributed by atoms with van der Waals surface area (Å²) in [4.78, 5) is 19.8. The third-order valence-electron chi connectivity index (χ3n) is 3.72. The van der Waals surface area contributed by atoms with Crippen LogP contribution in [-0.4, -0.2) is 22.5 Å². The molecule has 3 rings (SSSR count). The molecule has 0 fully saturated rings. The van der Waals surface area contributed by atoms with Crippen LogP contribution >= 0.6 is 0 Å². The molecule has 1 aromatic carbocycles. The van der Waals surface area contributed by atoms with Gasteiger partial charge in [0.2, 0.25) is 0 Å². The zero-order chi connectivity index (χ0) is 15.0. The molecule has 0 radical (unpaired) electrons. The van der Waals surface area contributed by atoms with E-state index in [2.05, 4.69) is 35.1 Å². The monoisotopic (exact) mass is 282 g/mol. The summed E-state index contributed by atoms with van der Waals surface area (Å²) < 4.78 is 5.12. The Morgan fingerprint density at radius 1 is 1.29 bits per heavy atom. The number of pyridine rings is 1. The minimum absolute atomic E-state index is 0.349. The van der Waals surface area contributed by atoms with Gasteiger partial charge in [0.15, 0.2) is 5.69 Å². The number of aryl methyl sites for hydroxylation is 2. The third kappa shape index (κ3) is 2.17. The molecule has 0 saturated heterocycles. The maximum atomic E-state index is 12.1. The predicted octanol–water partition coefficient (Wildman–Crippen LogP) is 3.76. The number of rotatable bonds is 3. The number of hydrogen-bond donors (Lipinski definition) is 1. The van der Waals surface area contributed by atoms with Gasteiger partial charge in [-0.3, -0.25) is 0 Å². The molecule has 0 atom stereocenters. The molecule has 0 aliphatic carbocycles. The SMILES string of the molecule is CCOC(=O)c1ncc2[nH]c3ccc(C)cc3c2c1CC. The minimum atomic E-state index is -0.349. The second-order valence-corrected chi connectivity index (χ2v) is 5.12. The average molecular weight is 282 g/mol. The van der Waals surface area contributed by atoms with Gasteiger partial charge in [0, 0.05) is 16.3 Å². The highest BCUT2D eigenvalue weighted by Gasteiger charge is 2.18. The Morgan fingerprint density at radius 2 is 2.10 bits per heavy atom. The van der Waals surface area contributed by atoms with E-state index in [0.29, 0.717) is 12.3 Å². The van der Waals surface area contributed by atoms with Crippen molar-refractivity contribution in [2.24, 2.45) is 0 Å². The Labute approximate surface area is 123 Å². The van der Waals surface area contributed by atoms with E-state index in [1.54, 1.807) is 13.1 Å². The van der Waals surface area contributed by atoms with Crippen LogP contribution in [0.5, 0.6) is 0 Å². The van der Waals surface area contributed by atoms with Crippen molar-refractivity contribution in [1.29, 1.82) is 0 Å². The Hall–Kier alpha value is -2.36. The fourth-order valence-electron chi connectivity index (χ4n) is 2.79. The predicted molar refractivity (Wildman–Crippen MR) is 83.7 cm³/mol. The lowest BCUT2D eigenvalue weighted by molar-refractivity contribution is 0.0518. The van der Waals surface area contributed by atoms with Gasteiger partial charge in [-0.2, -0.15) is 0 Å². The van der Waals surface area contributed by atoms with Crippen LogP contribution in [0.3, 0.4) is 0 Å². The number of esters is 1. The standard InChI is InChI=1S/C17H18N2O2/c1-4-11-15-12-8-10(3)6-7-13(12)19-14(15)9-18-16(11)17(20)21-5-2/h6-9,19H,4-5H2,1-3H3. The number of fused-ring (bicyclic) bond motifs is 3. The smallest absolute Gasteiger partial charge is 0.357 e. The molecule has 0 unspecified atom stereocenters. The van der Waals surface area contributed by atoms with Gasteiger partial charge >= 0.3 is 5.97 Å². The lowest BCUT2D eigenvalue weighted by atomic mass is 10.0. The van der Waals surface area contributed by atoms with Gasteiger partial charge in [0.1, 0.15) is 0 Å². The number of carbonyl (C=O) groups excluding carboxylic acids is 1. The van der Waals surface area contributed by atoms with Crippen molar-refractivity contribution in [2.75, 3.05) is 6.61 Å². The second kappa shape index (κ2) is 5.20. The maximum Gasteiger partial charge on any atom is 0.357 e. The van der Waals surface area contributed by atoms with Gasteiger partial charge in [-0.1, -0.05) is 18.6 Å². The molecule has 0 spiro atoms. The summed E-state index contributed by atoms with van der Waals surface area (Å²) in [6, 6.07) is 6.28. The van der Waals surface area contributed by atoms with E-state index in [1.165, 1.54) is 5.56 Å². The van der Waals surface area contributed by atoms with E-state index in [1.807, 2.05) is 6.92 Å². The van der Waals surface area contributed by atoms with E-state index in [0.717, 1.165) is 33.8 Å². The zero-order valence-corrected chi connectivity index (χ0v) is 12.5. The highest BCUT2D eigenvalue weighted by atomic mass is 16.5. The topological polar surface area (TPSA) is 55.0 Å². The number of benzene rings is 1. The number of ether oxygens (including phenoxy) is 1. The van der Waals surface area contributed by atoms with Crippen molar-refractivity contribution < 1.29 is 9.53 Å². The second-order valence-electron chi connectivity index (χ2n) is 5.12. The zero-order valence-electron chi connectivity index (χ0n) is 12.5. The van der Waals surface area contributed by atoms with Crippen LogP contribution in [-0.2, 0) is 11.2 Å². The summed E-state index contributed by atoms with van der Waals surface area (Å²) in [5.74, 6) is -0.349. The highest BCUT2D eigenvalue weighted by Crippen LogP contribution is 2.30. The van der Waals surface area contributed by atoms with Crippen LogP contribution in [0.25, 0.3) is 21.8 Å². The fraction of sp³-hybridized carbons (Fsp3) is 0.294. The van der Waals surface area contributed by atoms with Gasteiger partial charge in [0.05, 0.1) is 18.3 Å². The molecule has 3 aromatic rings. The van der Waals surface area contributed by atoms with Crippen molar-refractivity contribution in [3.05, 3.63) is 41.2 Å². The summed E-state index contributed by atoms with van der Waals surface area (Å²) >= 11 is 0. The summed E-state index contributed by atoms with van der Waals surface area (Å²) in [6.45, 7) is 6.26. The largest absolute Gasteiger partial charge is 0.461 e. The maximum absolute atomic E-state index is 12.1. The third-order valence-corrected chi connectivity index (χ3v) is 3.72. The summed E-state index contributed by atoms with van der Waals surface area (Å²) in [6.07, 6.45) is 2.45. The van der Waals surface area contributed by atoms with Crippen molar-refractivity contribution in [1.82, 2.24) is 9.97 Å². The van der Waals surface area contributed by atoms with Crippen molar-refractivity contribution in [3.63, 3.8) is 0 Å². The molecule has 0 amide bonds.